The van der Waals surface area contributed by atoms with Gasteiger partial charge in [-0.15, -0.1) is 0 Å². The maximum absolute atomic E-state index is 13.5. The summed E-state index contributed by atoms with van der Waals surface area (Å²) in [6.07, 6.45) is -2.26. The van der Waals surface area contributed by atoms with Gasteiger partial charge in [-0.3, -0.25) is 4.79 Å². The first-order chi connectivity index (χ1) is 9.25. The fourth-order valence-electron chi connectivity index (χ4n) is 2.81. The standard InChI is InChI=1S/C12H11F3N4O/c1-11(12(13,14)15)4-6(10(16)20)7-5-17-8-2-3-18-19(8)9(7)11/h2-3,5-6H,4H2,1H3,(H2,16,20). The van der Waals surface area contributed by atoms with E-state index in [4.69, 9.17) is 5.73 Å². The van der Waals surface area contributed by atoms with Gasteiger partial charge < -0.3 is 5.73 Å². The lowest BCUT2D eigenvalue weighted by molar-refractivity contribution is -0.187. The monoisotopic (exact) mass is 284 g/mol. The molecule has 5 nitrogen and oxygen atoms in total. The molecule has 20 heavy (non-hydrogen) atoms. The van der Waals surface area contributed by atoms with Gasteiger partial charge in [0.2, 0.25) is 5.91 Å². The summed E-state index contributed by atoms with van der Waals surface area (Å²) in [6, 6.07) is 1.51. The normalized spacial score (nSPS) is 25.9. The van der Waals surface area contributed by atoms with Gasteiger partial charge in [0.15, 0.2) is 5.65 Å². The number of hydrogen-bond donors (Lipinski definition) is 1. The van der Waals surface area contributed by atoms with Crippen molar-refractivity contribution in [2.75, 3.05) is 0 Å². The first-order valence-corrected chi connectivity index (χ1v) is 5.95. The van der Waals surface area contributed by atoms with Crippen molar-refractivity contribution in [2.24, 2.45) is 5.73 Å². The van der Waals surface area contributed by atoms with Gasteiger partial charge in [-0.05, 0) is 13.3 Å². The highest BCUT2D eigenvalue weighted by atomic mass is 19.4. The summed E-state index contributed by atoms with van der Waals surface area (Å²) in [7, 11) is 0. The van der Waals surface area contributed by atoms with E-state index in [2.05, 4.69) is 10.1 Å². The fraction of sp³-hybridized carbons (Fsp3) is 0.417. The number of primary amides is 1. The summed E-state index contributed by atoms with van der Waals surface area (Å²) < 4.78 is 41.6. The van der Waals surface area contributed by atoms with Crippen LogP contribution in [0.2, 0.25) is 0 Å². The van der Waals surface area contributed by atoms with Crippen LogP contribution < -0.4 is 5.73 Å². The molecule has 2 unspecified atom stereocenters. The number of nitrogens with zero attached hydrogens (tertiary/aromatic N) is 3. The summed E-state index contributed by atoms with van der Waals surface area (Å²) >= 11 is 0. The molecule has 1 aliphatic carbocycles. The zero-order valence-electron chi connectivity index (χ0n) is 10.5. The molecule has 0 spiro atoms. The Labute approximate surface area is 111 Å². The molecule has 2 atom stereocenters. The van der Waals surface area contributed by atoms with Crippen LogP contribution in [-0.2, 0) is 10.2 Å². The van der Waals surface area contributed by atoms with E-state index in [9.17, 15) is 18.0 Å². The third-order valence-corrected chi connectivity index (χ3v) is 3.92. The molecule has 2 aromatic rings. The molecule has 2 aromatic heterocycles. The summed E-state index contributed by atoms with van der Waals surface area (Å²) in [5, 5.41) is 3.90. The van der Waals surface area contributed by atoms with Crippen molar-refractivity contribution >= 4 is 11.6 Å². The lowest BCUT2D eigenvalue weighted by Gasteiger charge is -2.28. The molecule has 3 rings (SSSR count). The van der Waals surface area contributed by atoms with Gasteiger partial charge in [-0.2, -0.15) is 18.3 Å². The number of halogens is 3. The van der Waals surface area contributed by atoms with Gasteiger partial charge in [0.25, 0.3) is 0 Å². The zero-order chi connectivity index (χ0) is 14.7. The lowest BCUT2D eigenvalue weighted by atomic mass is 9.85. The van der Waals surface area contributed by atoms with E-state index in [1.165, 1.54) is 18.5 Å². The highest BCUT2D eigenvalue weighted by molar-refractivity contribution is 5.83. The maximum Gasteiger partial charge on any atom is 0.399 e. The van der Waals surface area contributed by atoms with Gasteiger partial charge >= 0.3 is 6.18 Å². The van der Waals surface area contributed by atoms with Gasteiger partial charge in [0.1, 0.15) is 5.41 Å². The number of fused-ring (bicyclic) bond motifs is 3. The number of carbonyl (C=O) groups excluding carboxylic acids is 1. The highest BCUT2D eigenvalue weighted by Crippen LogP contribution is 2.53. The summed E-state index contributed by atoms with van der Waals surface area (Å²) in [5.41, 5.74) is 3.52. The first-order valence-electron chi connectivity index (χ1n) is 5.95. The van der Waals surface area contributed by atoms with E-state index in [1.54, 1.807) is 0 Å². The topological polar surface area (TPSA) is 73.3 Å². The number of carbonyl (C=O) groups is 1. The largest absolute Gasteiger partial charge is 0.399 e. The Morgan fingerprint density at radius 1 is 1.55 bits per heavy atom. The lowest BCUT2D eigenvalue weighted by Crippen LogP contribution is -2.39. The van der Waals surface area contributed by atoms with E-state index >= 15 is 0 Å². The van der Waals surface area contributed by atoms with Crippen molar-refractivity contribution in [3.8, 4) is 0 Å². The quantitative estimate of drug-likeness (QED) is 0.863. The van der Waals surface area contributed by atoms with Crippen molar-refractivity contribution in [3.05, 3.63) is 29.7 Å². The van der Waals surface area contributed by atoms with Crippen LogP contribution in [0, 0.1) is 0 Å². The van der Waals surface area contributed by atoms with Crippen LogP contribution in [0.1, 0.15) is 30.5 Å². The molecule has 0 fully saturated rings. The predicted molar refractivity (Wildman–Crippen MR) is 62.9 cm³/mol. The molecule has 0 saturated carbocycles. The van der Waals surface area contributed by atoms with Crippen LogP contribution in [0.4, 0.5) is 13.2 Å². The molecule has 2 N–H and O–H groups in total. The SMILES string of the molecule is CC1(C(F)(F)F)CC(C(N)=O)c2cnc3ccnn3c21. The van der Waals surface area contributed by atoms with Crippen LogP contribution in [-0.4, -0.2) is 26.7 Å². The van der Waals surface area contributed by atoms with Gasteiger partial charge in [0.05, 0.1) is 17.8 Å². The number of alkyl halides is 3. The second-order valence-electron chi connectivity index (χ2n) is 5.15. The maximum atomic E-state index is 13.5. The molecule has 0 bridgehead atoms. The molecular weight excluding hydrogens is 273 g/mol. The third-order valence-electron chi connectivity index (χ3n) is 3.92. The first kappa shape index (κ1) is 12.9. The average molecular weight is 284 g/mol. The molecule has 106 valence electrons. The van der Waals surface area contributed by atoms with E-state index in [0.717, 1.165) is 11.4 Å². The Morgan fingerprint density at radius 3 is 2.85 bits per heavy atom. The molecule has 8 heteroatoms. The zero-order valence-corrected chi connectivity index (χ0v) is 10.5. The number of nitrogens with two attached hydrogens (primary N) is 1. The van der Waals surface area contributed by atoms with Gasteiger partial charge in [-0.1, -0.05) is 0 Å². The number of amides is 1. The third kappa shape index (κ3) is 1.47. The summed E-state index contributed by atoms with van der Waals surface area (Å²) in [6.45, 7) is 1.07. The molecule has 2 heterocycles. The minimum absolute atomic E-state index is 0.0520. The Bertz CT molecular complexity index is 708. The van der Waals surface area contributed by atoms with Crippen LogP contribution in [0.5, 0.6) is 0 Å². The van der Waals surface area contributed by atoms with E-state index in [0.29, 0.717) is 5.65 Å². The molecule has 0 saturated heterocycles. The molecular formula is C12H11F3N4O. The highest BCUT2D eigenvalue weighted by Gasteiger charge is 2.60. The number of rotatable bonds is 1. The Balaban J connectivity index is 2.36. The molecule has 1 aliphatic rings. The van der Waals surface area contributed by atoms with Gasteiger partial charge in [0, 0.05) is 17.8 Å². The molecule has 1 amide bonds. The molecule has 0 aromatic carbocycles. The average Bonchev–Trinajstić information content (AvgIpc) is 2.90. The smallest absolute Gasteiger partial charge is 0.369 e. The van der Waals surface area contributed by atoms with Crippen molar-refractivity contribution in [2.45, 2.75) is 30.9 Å². The van der Waals surface area contributed by atoms with E-state index in [1.807, 2.05) is 0 Å². The molecule has 0 aliphatic heterocycles. The summed E-state index contributed by atoms with van der Waals surface area (Å²) in [4.78, 5) is 15.5. The van der Waals surface area contributed by atoms with Crippen LogP contribution >= 0.6 is 0 Å². The second-order valence-corrected chi connectivity index (χ2v) is 5.15. The fourth-order valence-corrected chi connectivity index (χ4v) is 2.81. The van der Waals surface area contributed by atoms with Crippen molar-refractivity contribution < 1.29 is 18.0 Å². The second kappa shape index (κ2) is 3.71. The van der Waals surface area contributed by atoms with Crippen molar-refractivity contribution in [3.63, 3.8) is 0 Å². The predicted octanol–water partition coefficient (Wildman–Crippen LogP) is 1.52. The van der Waals surface area contributed by atoms with Gasteiger partial charge in [-0.25, -0.2) is 9.50 Å². The minimum Gasteiger partial charge on any atom is -0.369 e. The Hall–Kier alpha value is -2.12. The number of hydrogen-bond acceptors (Lipinski definition) is 3. The number of aromatic nitrogens is 3. The van der Waals surface area contributed by atoms with Crippen LogP contribution in [0.25, 0.3) is 5.65 Å². The Morgan fingerprint density at radius 2 is 2.25 bits per heavy atom. The van der Waals surface area contributed by atoms with E-state index in [-0.39, 0.29) is 11.3 Å². The Kier molecular flexibility index (Phi) is 2.39. The molecule has 0 radical (unpaired) electrons. The van der Waals surface area contributed by atoms with Crippen LogP contribution in [0.15, 0.2) is 18.5 Å². The summed E-state index contributed by atoms with van der Waals surface area (Å²) in [5.74, 6) is -1.79. The van der Waals surface area contributed by atoms with Crippen molar-refractivity contribution in [1.29, 1.82) is 0 Å². The van der Waals surface area contributed by atoms with Crippen molar-refractivity contribution in [1.82, 2.24) is 14.6 Å². The van der Waals surface area contributed by atoms with Crippen LogP contribution in [0.3, 0.4) is 0 Å². The minimum atomic E-state index is -4.51. The van der Waals surface area contributed by atoms with E-state index < -0.39 is 29.8 Å².